The molecule has 0 bridgehead atoms. The van der Waals surface area contributed by atoms with Gasteiger partial charge in [0.1, 0.15) is 17.6 Å². The highest BCUT2D eigenvalue weighted by atomic mass is 16.6. The highest BCUT2D eigenvalue weighted by molar-refractivity contribution is 5.86. The van der Waals surface area contributed by atoms with Gasteiger partial charge in [0.15, 0.2) is 11.5 Å². The van der Waals surface area contributed by atoms with Crippen molar-refractivity contribution < 1.29 is 23.7 Å². The Morgan fingerprint density at radius 1 is 1.06 bits per heavy atom. The zero-order chi connectivity index (χ0) is 22.2. The van der Waals surface area contributed by atoms with Crippen LogP contribution < -0.4 is 24.3 Å². The number of hydrogen-bond donors (Lipinski definition) is 1. The van der Waals surface area contributed by atoms with E-state index in [9.17, 15) is 4.79 Å². The molecule has 7 heteroatoms. The molecule has 1 N–H and O–H groups in total. The van der Waals surface area contributed by atoms with Gasteiger partial charge < -0.3 is 18.9 Å². The third kappa shape index (κ3) is 6.04. The minimum Gasteiger partial charge on any atom is -0.493 e. The van der Waals surface area contributed by atoms with Gasteiger partial charge in [0, 0.05) is 30.3 Å². The van der Waals surface area contributed by atoms with Crippen LogP contribution in [0.4, 0.5) is 10.5 Å². The number of ether oxygens (including phenoxy) is 4. The molecule has 1 unspecified atom stereocenters. The van der Waals surface area contributed by atoms with Crippen molar-refractivity contribution in [3.05, 3.63) is 42.0 Å². The smallest absolute Gasteiger partial charge is 0.417 e. The standard InChI is InChI=1S/C24H32N2O5/c1-5-11-26(12-6-2)16-20-14-17-13-19(8-10-21(17)30-20)31-24(27)25-18-7-9-22(28-3)23(15-18)29-4/h7-10,13,15,20H,5-6,11-12,14,16H2,1-4H3,(H,25,27). The van der Waals surface area contributed by atoms with Crippen LogP contribution in [0.2, 0.25) is 0 Å². The SMILES string of the molecule is CCCN(CCC)CC1Cc2cc(OC(=O)Nc3ccc(OC)c(OC)c3)ccc2O1. The van der Waals surface area contributed by atoms with Crippen molar-refractivity contribution in [3.8, 4) is 23.0 Å². The Hall–Kier alpha value is -2.93. The Labute approximate surface area is 184 Å². The molecule has 3 rings (SSSR count). The number of carbonyl (C=O) groups excluding carboxylic acids is 1. The number of anilines is 1. The fraction of sp³-hybridized carbons (Fsp3) is 0.458. The van der Waals surface area contributed by atoms with Crippen molar-refractivity contribution in [2.24, 2.45) is 0 Å². The Kier molecular flexibility index (Phi) is 8.00. The van der Waals surface area contributed by atoms with Gasteiger partial charge in [0.05, 0.1) is 14.2 Å². The second kappa shape index (κ2) is 10.9. The lowest BCUT2D eigenvalue weighted by Crippen LogP contribution is -2.35. The predicted octanol–water partition coefficient (Wildman–Crippen LogP) is 4.74. The molecular weight excluding hydrogens is 396 g/mol. The summed E-state index contributed by atoms with van der Waals surface area (Å²) in [5.74, 6) is 2.47. The summed E-state index contributed by atoms with van der Waals surface area (Å²) in [5.41, 5.74) is 1.62. The third-order valence-electron chi connectivity index (χ3n) is 5.16. The number of benzene rings is 2. The van der Waals surface area contributed by atoms with Gasteiger partial charge in [0.2, 0.25) is 0 Å². The van der Waals surface area contributed by atoms with E-state index in [0.29, 0.717) is 22.9 Å². The van der Waals surface area contributed by atoms with Crippen LogP contribution in [0.5, 0.6) is 23.0 Å². The molecule has 2 aromatic carbocycles. The van der Waals surface area contributed by atoms with E-state index in [4.69, 9.17) is 18.9 Å². The number of nitrogens with one attached hydrogen (secondary N) is 1. The van der Waals surface area contributed by atoms with E-state index in [2.05, 4.69) is 24.1 Å². The van der Waals surface area contributed by atoms with Gasteiger partial charge in [-0.25, -0.2) is 4.79 Å². The minimum absolute atomic E-state index is 0.129. The molecule has 1 aliphatic heterocycles. The number of nitrogens with zero attached hydrogens (tertiary/aromatic N) is 1. The summed E-state index contributed by atoms with van der Waals surface area (Å²) in [6.45, 7) is 7.46. The quantitative estimate of drug-likeness (QED) is 0.589. The average Bonchev–Trinajstić information content (AvgIpc) is 3.15. The average molecular weight is 429 g/mol. The highest BCUT2D eigenvalue weighted by Gasteiger charge is 2.25. The topological polar surface area (TPSA) is 69.3 Å². The Morgan fingerprint density at radius 3 is 2.48 bits per heavy atom. The molecule has 1 heterocycles. The number of amides is 1. The van der Waals surface area contributed by atoms with Crippen molar-refractivity contribution in [2.75, 3.05) is 39.2 Å². The van der Waals surface area contributed by atoms with Gasteiger partial charge in [-0.1, -0.05) is 13.8 Å². The molecule has 2 aromatic rings. The molecule has 0 radical (unpaired) electrons. The Morgan fingerprint density at radius 2 is 1.81 bits per heavy atom. The van der Waals surface area contributed by atoms with Gasteiger partial charge >= 0.3 is 6.09 Å². The van der Waals surface area contributed by atoms with E-state index in [0.717, 1.165) is 50.2 Å². The predicted molar refractivity (Wildman–Crippen MR) is 121 cm³/mol. The summed E-state index contributed by atoms with van der Waals surface area (Å²) in [6.07, 6.45) is 2.64. The van der Waals surface area contributed by atoms with Crippen LogP contribution in [0, 0.1) is 0 Å². The summed E-state index contributed by atoms with van der Waals surface area (Å²) < 4.78 is 22.1. The molecule has 7 nitrogen and oxygen atoms in total. The molecular formula is C24H32N2O5. The fourth-order valence-corrected chi connectivity index (χ4v) is 3.84. The van der Waals surface area contributed by atoms with Crippen molar-refractivity contribution in [2.45, 2.75) is 39.2 Å². The summed E-state index contributed by atoms with van der Waals surface area (Å²) in [7, 11) is 3.11. The molecule has 1 amide bonds. The largest absolute Gasteiger partial charge is 0.493 e. The maximum absolute atomic E-state index is 12.3. The van der Waals surface area contributed by atoms with Crippen LogP contribution >= 0.6 is 0 Å². The first-order valence-corrected chi connectivity index (χ1v) is 10.8. The highest BCUT2D eigenvalue weighted by Crippen LogP contribution is 2.33. The van der Waals surface area contributed by atoms with Crippen LogP contribution in [0.15, 0.2) is 36.4 Å². The number of hydrogen-bond acceptors (Lipinski definition) is 6. The van der Waals surface area contributed by atoms with Crippen molar-refractivity contribution in [1.29, 1.82) is 0 Å². The van der Waals surface area contributed by atoms with Crippen molar-refractivity contribution in [3.63, 3.8) is 0 Å². The van der Waals surface area contributed by atoms with E-state index in [1.54, 1.807) is 38.5 Å². The summed E-state index contributed by atoms with van der Waals surface area (Å²) in [4.78, 5) is 14.8. The third-order valence-corrected chi connectivity index (χ3v) is 5.16. The molecule has 1 atom stereocenters. The zero-order valence-corrected chi connectivity index (χ0v) is 18.8. The Balaban J connectivity index is 1.58. The van der Waals surface area contributed by atoms with E-state index in [-0.39, 0.29) is 6.10 Å². The second-order valence-corrected chi connectivity index (χ2v) is 7.60. The lowest BCUT2D eigenvalue weighted by atomic mass is 10.1. The number of fused-ring (bicyclic) bond motifs is 1. The molecule has 1 aliphatic rings. The van der Waals surface area contributed by atoms with Gasteiger partial charge in [-0.3, -0.25) is 10.2 Å². The van der Waals surface area contributed by atoms with Gasteiger partial charge in [-0.05, 0) is 56.3 Å². The number of methoxy groups -OCH3 is 2. The molecule has 0 saturated heterocycles. The minimum atomic E-state index is -0.570. The molecule has 0 aromatic heterocycles. The lowest BCUT2D eigenvalue weighted by molar-refractivity contribution is 0.150. The van der Waals surface area contributed by atoms with Crippen LogP contribution in [0.3, 0.4) is 0 Å². The first kappa shape index (κ1) is 22.7. The molecule has 0 fully saturated rings. The summed E-state index contributed by atoms with van der Waals surface area (Å²) in [6, 6.07) is 10.6. The van der Waals surface area contributed by atoms with Crippen molar-refractivity contribution >= 4 is 11.8 Å². The molecule has 168 valence electrons. The number of carbonyl (C=O) groups is 1. The molecule has 0 saturated carbocycles. The van der Waals surface area contributed by atoms with Crippen LogP contribution in [-0.4, -0.2) is 51.0 Å². The van der Waals surface area contributed by atoms with E-state index in [1.807, 2.05) is 12.1 Å². The van der Waals surface area contributed by atoms with Crippen LogP contribution in [0.1, 0.15) is 32.3 Å². The maximum Gasteiger partial charge on any atom is 0.417 e. The van der Waals surface area contributed by atoms with E-state index in [1.165, 1.54) is 0 Å². The van der Waals surface area contributed by atoms with E-state index < -0.39 is 6.09 Å². The van der Waals surface area contributed by atoms with Crippen molar-refractivity contribution in [1.82, 2.24) is 4.90 Å². The van der Waals surface area contributed by atoms with Crippen LogP contribution in [0.25, 0.3) is 0 Å². The molecule has 31 heavy (non-hydrogen) atoms. The monoisotopic (exact) mass is 428 g/mol. The first-order chi connectivity index (χ1) is 15.1. The van der Waals surface area contributed by atoms with Crippen LogP contribution in [-0.2, 0) is 6.42 Å². The van der Waals surface area contributed by atoms with E-state index >= 15 is 0 Å². The maximum atomic E-state index is 12.3. The molecule has 0 aliphatic carbocycles. The first-order valence-electron chi connectivity index (χ1n) is 10.8. The second-order valence-electron chi connectivity index (χ2n) is 7.60. The van der Waals surface area contributed by atoms with Gasteiger partial charge in [-0.2, -0.15) is 0 Å². The fourth-order valence-electron chi connectivity index (χ4n) is 3.84. The Bertz CT molecular complexity index is 880. The normalized spacial score (nSPS) is 14.7. The van der Waals surface area contributed by atoms with Gasteiger partial charge in [0.25, 0.3) is 0 Å². The number of rotatable bonds is 10. The van der Waals surface area contributed by atoms with Gasteiger partial charge in [-0.15, -0.1) is 0 Å². The lowest BCUT2D eigenvalue weighted by Gasteiger charge is -2.24. The molecule has 0 spiro atoms. The summed E-state index contributed by atoms with van der Waals surface area (Å²) >= 11 is 0. The zero-order valence-electron chi connectivity index (χ0n) is 18.8. The summed E-state index contributed by atoms with van der Waals surface area (Å²) in [5, 5.41) is 2.71.